The quantitative estimate of drug-likeness (QED) is 0.850. The molecular weight excluding hydrogens is 248 g/mol. The maximum atomic E-state index is 11.3. The highest BCUT2D eigenvalue weighted by atomic mass is 32.2. The summed E-state index contributed by atoms with van der Waals surface area (Å²) in [5, 5.41) is 3.28. The van der Waals surface area contributed by atoms with E-state index in [-0.39, 0.29) is 11.2 Å². The summed E-state index contributed by atoms with van der Waals surface area (Å²) in [6.07, 6.45) is 1.70. The number of nitrogens with zero attached hydrogens (tertiary/aromatic N) is 2. The number of aromatic nitrogens is 2. The number of nitrogens with two attached hydrogens (primary N) is 1. The van der Waals surface area contributed by atoms with Crippen LogP contribution in [-0.2, 0) is 10.8 Å². The minimum absolute atomic E-state index is 0.0723. The Balaban J connectivity index is 2.91. The Morgan fingerprint density at radius 2 is 1.94 bits per heavy atom. The van der Waals surface area contributed by atoms with E-state index in [1.54, 1.807) is 6.26 Å². The molecule has 0 fully saturated rings. The molecule has 0 amide bonds. The number of nitrogen functional groups attached to an aromatic ring is 1. The number of nitrogens with one attached hydrogen (secondary N) is 1. The van der Waals surface area contributed by atoms with Gasteiger partial charge < -0.3 is 11.1 Å². The molecule has 0 aliphatic carbocycles. The van der Waals surface area contributed by atoms with Gasteiger partial charge >= 0.3 is 0 Å². The van der Waals surface area contributed by atoms with Crippen molar-refractivity contribution in [1.82, 2.24) is 9.97 Å². The first-order valence-corrected chi connectivity index (χ1v) is 7.65. The molecule has 0 saturated carbocycles. The van der Waals surface area contributed by atoms with Crippen molar-refractivity contribution in [2.75, 3.05) is 23.9 Å². The second-order valence-corrected chi connectivity index (χ2v) is 6.59. The van der Waals surface area contributed by atoms with Crippen LogP contribution in [0.3, 0.4) is 0 Å². The van der Waals surface area contributed by atoms with Gasteiger partial charge in [0.05, 0.1) is 0 Å². The van der Waals surface area contributed by atoms with Crippen molar-refractivity contribution in [2.24, 2.45) is 0 Å². The van der Waals surface area contributed by atoms with Gasteiger partial charge in [-0.3, -0.25) is 4.21 Å². The van der Waals surface area contributed by atoms with Crippen molar-refractivity contribution >= 4 is 22.4 Å². The molecule has 1 rings (SSSR count). The molecule has 2 unspecified atom stereocenters. The fourth-order valence-corrected chi connectivity index (χ4v) is 1.66. The Labute approximate surface area is 111 Å². The van der Waals surface area contributed by atoms with Gasteiger partial charge in [0.25, 0.3) is 0 Å². The molecular formula is C12H22N4OS. The van der Waals surface area contributed by atoms with Gasteiger partial charge in [0, 0.05) is 40.3 Å². The first kappa shape index (κ1) is 14.9. The smallest absolute Gasteiger partial charge is 0.135 e. The summed E-state index contributed by atoms with van der Waals surface area (Å²) in [5.41, 5.74) is 6.72. The Morgan fingerprint density at radius 1 is 1.33 bits per heavy atom. The Morgan fingerprint density at radius 3 is 2.44 bits per heavy atom. The van der Waals surface area contributed by atoms with Crippen molar-refractivity contribution in [3.8, 4) is 0 Å². The summed E-state index contributed by atoms with van der Waals surface area (Å²) in [6, 6.07) is 0. The second kappa shape index (κ2) is 6.13. The average Bonchev–Trinajstić information content (AvgIpc) is 2.29. The van der Waals surface area contributed by atoms with E-state index < -0.39 is 10.8 Å². The fraction of sp³-hybridized carbons (Fsp3) is 0.667. The average molecular weight is 270 g/mol. The number of anilines is 2. The molecule has 0 aromatic carbocycles. The molecule has 0 aliphatic rings. The predicted molar refractivity (Wildman–Crippen MR) is 77.3 cm³/mol. The third kappa shape index (κ3) is 3.66. The lowest BCUT2D eigenvalue weighted by Gasteiger charge is -2.15. The van der Waals surface area contributed by atoms with E-state index in [0.717, 1.165) is 17.2 Å². The highest BCUT2D eigenvalue weighted by molar-refractivity contribution is 7.84. The van der Waals surface area contributed by atoms with E-state index >= 15 is 0 Å². The minimum Gasteiger partial charge on any atom is -0.383 e. The van der Waals surface area contributed by atoms with Gasteiger partial charge in [-0.25, -0.2) is 9.97 Å². The second-order valence-electron chi connectivity index (χ2n) is 4.79. The van der Waals surface area contributed by atoms with Crippen LogP contribution in [0, 0.1) is 6.92 Å². The third-order valence-corrected chi connectivity index (χ3v) is 4.14. The highest BCUT2D eigenvalue weighted by Crippen LogP contribution is 2.20. The van der Waals surface area contributed by atoms with Gasteiger partial charge in [-0.15, -0.1) is 0 Å². The zero-order chi connectivity index (χ0) is 13.9. The SMILES string of the molecule is Cc1c(N)nc(C(C)C)nc1NCC(C)S(C)=O. The molecule has 18 heavy (non-hydrogen) atoms. The van der Waals surface area contributed by atoms with Gasteiger partial charge in [-0.1, -0.05) is 13.8 Å². The Bertz CT molecular complexity index is 448. The minimum atomic E-state index is -0.847. The molecule has 1 aromatic heterocycles. The van der Waals surface area contributed by atoms with E-state index in [0.29, 0.717) is 12.4 Å². The number of hydrogen-bond acceptors (Lipinski definition) is 5. The molecule has 1 heterocycles. The summed E-state index contributed by atoms with van der Waals surface area (Å²) < 4.78 is 11.3. The molecule has 0 aliphatic heterocycles. The van der Waals surface area contributed by atoms with Gasteiger partial charge in [0.15, 0.2) is 0 Å². The van der Waals surface area contributed by atoms with Crippen LogP contribution >= 0.6 is 0 Å². The summed E-state index contributed by atoms with van der Waals surface area (Å²) in [4.78, 5) is 8.72. The normalized spacial score (nSPS) is 14.6. The van der Waals surface area contributed by atoms with Crippen LogP contribution in [-0.4, -0.2) is 32.2 Å². The molecule has 0 saturated heterocycles. The topological polar surface area (TPSA) is 80.9 Å². The van der Waals surface area contributed by atoms with Crippen LogP contribution in [0.5, 0.6) is 0 Å². The number of rotatable bonds is 5. The summed E-state index contributed by atoms with van der Waals surface area (Å²) in [6.45, 7) is 8.48. The lowest BCUT2D eigenvalue weighted by molar-refractivity contribution is 0.678. The van der Waals surface area contributed by atoms with Gasteiger partial charge in [-0.05, 0) is 13.8 Å². The molecule has 102 valence electrons. The number of hydrogen-bond donors (Lipinski definition) is 2. The van der Waals surface area contributed by atoms with Crippen LogP contribution in [0.2, 0.25) is 0 Å². The largest absolute Gasteiger partial charge is 0.383 e. The van der Waals surface area contributed by atoms with Crippen molar-refractivity contribution in [3.63, 3.8) is 0 Å². The van der Waals surface area contributed by atoms with Crippen LogP contribution in [0.1, 0.15) is 38.1 Å². The first-order chi connectivity index (χ1) is 8.32. The van der Waals surface area contributed by atoms with Crippen LogP contribution in [0.25, 0.3) is 0 Å². The van der Waals surface area contributed by atoms with Gasteiger partial charge in [0.1, 0.15) is 17.5 Å². The molecule has 2 atom stereocenters. The summed E-state index contributed by atoms with van der Waals surface area (Å²) in [5.74, 6) is 2.20. The lowest BCUT2D eigenvalue weighted by atomic mass is 10.2. The molecule has 0 radical (unpaired) electrons. The van der Waals surface area contributed by atoms with E-state index in [1.165, 1.54) is 0 Å². The van der Waals surface area contributed by atoms with E-state index in [1.807, 2.05) is 27.7 Å². The van der Waals surface area contributed by atoms with Crippen molar-refractivity contribution in [1.29, 1.82) is 0 Å². The standard InChI is InChI=1S/C12H22N4OS/c1-7(2)11-15-10(13)9(4)12(16-11)14-6-8(3)18(5)17/h7-8H,6H2,1-5H3,(H3,13,14,15,16). The van der Waals surface area contributed by atoms with Crippen molar-refractivity contribution < 1.29 is 4.21 Å². The van der Waals surface area contributed by atoms with Crippen LogP contribution < -0.4 is 11.1 Å². The molecule has 3 N–H and O–H groups in total. The Kier molecular flexibility index (Phi) is 5.07. The maximum Gasteiger partial charge on any atom is 0.135 e. The zero-order valence-electron chi connectivity index (χ0n) is 11.7. The molecule has 5 nitrogen and oxygen atoms in total. The highest BCUT2D eigenvalue weighted by Gasteiger charge is 2.12. The molecule has 6 heteroatoms. The van der Waals surface area contributed by atoms with Crippen molar-refractivity contribution in [3.05, 3.63) is 11.4 Å². The van der Waals surface area contributed by atoms with E-state index in [4.69, 9.17) is 5.73 Å². The zero-order valence-corrected chi connectivity index (χ0v) is 12.5. The monoisotopic (exact) mass is 270 g/mol. The van der Waals surface area contributed by atoms with Crippen LogP contribution in [0.15, 0.2) is 0 Å². The maximum absolute atomic E-state index is 11.3. The van der Waals surface area contributed by atoms with E-state index in [9.17, 15) is 4.21 Å². The lowest BCUT2D eigenvalue weighted by Crippen LogP contribution is -2.22. The first-order valence-electron chi connectivity index (χ1n) is 6.03. The summed E-state index contributed by atoms with van der Waals surface area (Å²) >= 11 is 0. The van der Waals surface area contributed by atoms with Gasteiger partial charge in [0.2, 0.25) is 0 Å². The van der Waals surface area contributed by atoms with Crippen molar-refractivity contribution in [2.45, 2.75) is 38.9 Å². The van der Waals surface area contributed by atoms with E-state index in [2.05, 4.69) is 15.3 Å². The predicted octanol–water partition coefficient (Wildman–Crippen LogP) is 1.67. The van der Waals surface area contributed by atoms with Gasteiger partial charge in [-0.2, -0.15) is 0 Å². The molecule has 0 spiro atoms. The Hall–Kier alpha value is -1.17. The summed E-state index contributed by atoms with van der Waals surface area (Å²) in [7, 11) is -0.847. The third-order valence-electron chi connectivity index (χ3n) is 2.84. The van der Waals surface area contributed by atoms with Crippen LogP contribution in [0.4, 0.5) is 11.6 Å². The molecule has 1 aromatic rings. The fourth-order valence-electron chi connectivity index (χ4n) is 1.34. The molecule has 0 bridgehead atoms.